The van der Waals surface area contributed by atoms with Crippen LogP contribution in [0.25, 0.3) is 0 Å². The zero-order chi connectivity index (χ0) is 13.2. The monoisotopic (exact) mass is 285 g/mol. The van der Waals surface area contributed by atoms with E-state index in [2.05, 4.69) is 9.97 Å². The van der Waals surface area contributed by atoms with Gasteiger partial charge in [0, 0.05) is 19.4 Å². The average molecular weight is 286 g/mol. The first-order chi connectivity index (χ1) is 8.51. The Morgan fingerprint density at radius 1 is 1.39 bits per heavy atom. The summed E-state index contributed by atoms with van der Waals surface area (Å²) in [7, 11) is -2.12. The minimum atomic E-state index is -3.60. The second kappa shape index (κ2) is 5.09. The number of benzene rings is 1. The Hall–Kier alpha value is -1.37. The molecule has 1 aromatic heterocycles. The van der Waals surface area contributed by atoms with Crippen LogP contribution in [-0.2, 0) is 16.6 Å². The van der Waals surface area contributed by atoms with E-state index in [9.17, 15) is 8.42 Å². The third kappa shape index (κ3) is 2.55. The van der Waals surface area contributed by atoms with Crippen LogP contribution in [0.3, 0.4) is 0 Å². The standard InChI is InChI=1S/C11H12ClN3O2S/c1-15(8-11-13-6-7-14-11)18(16,17)10-5-3-2-4-9(10)12/h2-7H,8H2,1H3,(H,13,14). The van der Waals surface area contributed by atoms with Crippen LogP contribution in [0.15, 0.2) is 41.6 Å². The molecule has 0 fully saturated rings. The minimum Gasteiger partial charge on any atom is -0.347 e. The topological polar surface area (TPSA) is 66.1 Å². The number of nitrogens with zero attached hydrogens (tertiary/aromatic N) is 2. The van der Waals surface area contributed by atoms with E-state index in [-0.39, 0.29) is 16.5 Å². The molecule has 0 amide bonds. The van der Waals surface area contributed by atoms with Gasteiger partial charge in [-0.05, 0) is 12.1 Å². The van der Waals surface area contributed by atoms with Crippen molar-refractivity contribution >= 4 is 21.6 Å². The van der Waals surface area contributed by atoms with Crippen molar-refractivity contribution in [2.45, 2.75) is 11.4 Å². The van der Waals surface area contributed by atoms with Gasteiger partial charge in [0.15, 0.2) is 0 Å². The zero-order valence-corrected chi connectivity index (χ0v) is 11.2. The molecule has 96 valence electrons. The van der Waals surface area contributed by atoms with E-state index < -0.39 is 10.0 Å². The van der Waals surface area contributed by atoms with Crippen molar-refractivity contribution in [2.75, 3.05) is 7.05 Å². The van der Waals surface area contributed by atoms with Crippen molar-refractivity contribution in [3.05, 3.63) is 47.5 Å². The van der Waals surface area contributed by atoms with Crippen LogP contribution in [-0.4, -0.2) is 29.7 Å². The molecule has 0 spiro atoms. The summed E-state index contributed by atoms with van der Waals surface area (Å²) < 4.78 is 25.8. The molecule has 18 heavy (non-hydrogen) atoms. The van der Waals surface area contributed by atoms with Crippen LogP contribution in [0.2, 0.25) is 5.02 Å². The Morgan fingerprint density at radius 2 is 2.11 bits per heavy atom. The smallest absolute Gasteiger partial charge is 0.244 e. The highest BCUT2D eigenvalue weighted by Gasteiger charge is 2.23. The number of hydrogen-bond donors (Lipinski definition) is 1. The lowest BCUT2D eigenvalue weighted by Gasteiger charge is -2.16. The van der Waals surface area contributed by atoms with E-state index >= 15 is 0 Å². The number of aromatic amines is 1. The van der Waals surface area contributed by atoms with Crippen LogP contribution in [0, 0.1) is 0 Å². The van der Waals surface area contributed by atoms with Crippen LogP contribution in [0.1, 0.15) is 5.82 Å². The maximum absolute atomic E-state index is 12.3. The lowest BCUT2D eigenvalue weighted by atomic mass is 10.4. The average Bonchev–Trinajstić information content (AvgIpc) is 2.82. The van der Waals surface area contributed by atoms with Gasteiger partial charge in [-0.1, -0.05) is 23.7 Å². The number of imidazole rings is 1. The molecule has 0 saturated heterocycles. The number of aromatic nitrogens is 2. The molecule has 5 nitrogen and oxygen atoms in total. The lowest BCUT2D eigenvalue weighted by Crippen LogP contribution is -2.27. The lowest BCUT2D eigenvalue weighted by molar-refractivity contribution is 0.458. The van der Waals surface area contributed by atoms with Crippen LogP contribution in [0.4, 0.5) is 0 Å². The predicted octanol–water partition coefficient (Wildman–Crippen LogP) is 1.88. The summed E-state index contributed by atoms with van der Waals surface area (Å²) in [4.78, 5) is 6.95. The molecule has 2 aromatic rings. The van der Waals surface area contributed by atoms with Crippen LogP contribution >= 0.6 is 11.6 Å². The highest BCUT2D eigenvalue weighted by atomic mass is 35.5. The summed E-state index contributed by atoms with van der Waals surface area (Å²) in [5.74, 6) is 0.577. The Labute approximate surface area is 110 Å². The molecule has 1 heterocycles. The van der Waals surface area contributed by atoms with E-state index in [1.807, 2.05) is 0 Å². The quantitative estimate of drug-likeness (QED) is 0.933. The van der Waals surface area contributed by atoms with Crippen LogP contribution < -0.4 is 0 Å². The maximum atomic E-state index is 12.3. The van der Waals surface area contributed by atoms with Gasteiger partial charge < -0.3 is 4.98 Å². The number of H-pyrrole nitrogens is 1. The summed E-state index contributed by atoms with van der Waals surface area (Å²) in [6.07, 6.45) is 3.22. The molecule has 0 unspecified atom stereocenters. The SMILES string of the molecule is CN(Cc1ncc[nH]1)S(=O)(=O)c1ccccc1Cl. The molecular formula is C11H12ClN3O2S. The molecule has 2 rings (SSSR count). The fourth-order valence-corrected chi connectivity index (χ4v) is 3.12. The number of sulfonamides is 1. The third-order valence-corrected chi connectivity index (χ3v) is 4.76. The highest BCUT2D eigenvalue weighted by Crippen LogP contribution is 2.23. The van der Waals surface area contributed by atoms with Crippen molar-refractivity contribution in [1.82, 2.24) is 14.3 Å². The third-order valence-electron chi connectivity index (χ3n) is 2.45. The fourth-order valence-electron chi connectivity index (χ4n) is 1.50. The van der Waals surface area contributed by atoms with Gasteiger partial charge in [-0.2, -0.15) is 4.31 Å². The molecule has 1 N–H and O–H groups in total. The zero-order valence-electron chi connectivity index (χ0n) is 9.67. The van der Waals surface area contributed by atoms with Gasteiger partial charge >= 0.3 is 0 Å². The number of halogens is 1. The normalized spacial score (nSPS) is 11.9. The van der Waals surface area contributed by atoms with Crippen molar-refractivity contribution in [3.63, 3.8) is 0 Å². The Morgan fingerprint density at radius 3 is 2.72 bits per heavy atom. The predicted molar refractivity (Wildman–Crippen MR) is 68.7 cm³/mol. The minimum absolute atomic E-state index is 0.0979. The molecule has 0 bridgehead atoms. The fraction of sp³-hybridized carbons (Fsp3) is 0.182. The first kappa shape index (κ1) is 13.1. The summed E-state index contributed by atoms with van der Waals surface area (Å²) >= 11 is 5.91. The molecule has 0 aliphatic carbocycles. The van der Waals surface area contributed by atoms with Gasteiger partial charge in [-0.3, -0.25) is 0 Å². The summed E-state index contributed by atoms with van der Waals surface area (Å²) in [6.45, 7) is 0.167. The van der Waals surface area contributed by atoms with Crippen molar-refractivity contribution in [1.29, 1.82) is 0 Å². The summed E-state index contributed by atoms with van der Waals surface area (Å²) in [5.41, 5.74) is 0. The van der Waals surface area contributed by atoms with Gasteiger partial charge in [0.1, 0.15) is 10.7 Å². The second-order valence-corrected chi connectivity index (χ2v) is 6.15. The van der Waals surface area contributed by atoms with Crippen molar-refractivity contribution in [3.8, 4) is 0 Å². The van der Waals surface area contributed by atoms with Gasteiger partial charge in [0.2, 0.25) is 10.0 Å². The van der Waals surface area contributed by atoms with E-state index in [4.69, 9.17) is 11.6 Å². The van der Waals surface area contributed by atoms with Gasteiger partial charge in [-0.25, -0.2) is 13.4 Å². The van der Waals surface area contributed by atoms with E-state index in [0.717, 1.165) is 0 Å². The summed E-state index contributed by atoms with van der Waals surface area (Å²) in [5, 5.41) is 0.212. The summed E-state index contributed by atoms with van der Waals surface area (Å²) in [6, 6.07) is 6.36. The van der Waals surface area contributed by atoms with Crippen LogP contribution in [0.5, 0.6) is 0 Å². The number of hydrogen-bond acceptors (Lipinski definition) is 3. The first-order valence-corrected chi connectivity index (χ1v) is 7.03. The molecule has 1 aromatic carbocycles. The van der Waals surface area contributed by atoms with Gasteiger partial charge in [0.25, 0.3) is 0 Å². The van der Waals surface area contributed by atoms with Gasteiger partial charge in [0.05, 0.1) is 11.6 Å². The van der Waals surface area contributed by atoms with E-state index in [0.29, 0.717) is 5.82 Å². The van der Waals surface area contributed by atoms with E-state index in [1.54, 1.807) is 30.6 Å². The first-order valence-electron chi connectivity index (χ1n) is 5.21. The molecule has 0 atom stereocenters. The molecular weight excluding hydrogens is 274 g/mol. The number of rotatable bonds is 4. The second-order valence-electron chi connectivity index (χ2n) is 3.73. The molecule has 0 saturated carbocycles. The Bertz CT molecular complexity index is 625. The van der Waals surface area contributed by atoms with Crippen molar-refractivity contribution < 1.29 is 8.42 Å². The van der Waals surface area contributed by atoms with Crippen molar-refractivity contribution in [2.24, 2.45) is 0 Å². The highest BCUT2D eigenvalue weighted by molar-refractivity contribution is 7.89. The van der Waals surface area contributed by atoms with E-state index in [1.165, 1.54) is 17.4 Å². The van der Waals surface area contributed by atoms with Gasteiger partial charge in [-0.15, -0.1) is 0 Å². The molecule has 0 aliphatic heterocycles. The largest absolute Gasteiger partial charge is 0.347 e. The maximum Gasteiger partial charge on any atom is 0.244 e. The Kier molecular flexibility index (Phi) is 3.70. The molecule has 0 aliphatic rings. The molecule has 7 heteroatoms. The number of nitrogens with one attached hydrogen (secondary N) is 1. The molecule has 0 radical (unpaired) electrons. The Balaban J connectivity index is 2.29.